The first-order valence-corrected chi connectivity index (χ1v) is 5.31. The molecule has 0 spiro atoms. The van der Waals surface area contributed by atoms with Gasteiger partial charge in [-0.15, -0.1) is 0 Å². The summed E-state index contributed by atoms with van der Waals surface area (Å²) < 4.78 is 9.10. The molecule has 17 heavy (non-hydrogen) atoms. The number of aromatic nitrogens is 2. The topological polar surface area (TPSA) is 94.3 Å². The summed E-state index contributed by atoms with van der Waals surface area (Å²) in [5.41, 5.74) is -0.571. The van der Waals surface area contributed by atoms with Gasteiger partial charge in [-0.3, -0.25) is 9.59 Å². The smallest absolute Gasteiger partial charge is 0.315 e. The molecule has 0 aromatic carbocycles. The van der Waals surface area contributed by atoms with Crippen LogP contribution in [0.1, 0.15) is 31.5 Å². The van der Waals surface area contributed by atoms with Crippen LogP contribution in [0.3, 0.4) is 0 Å². The fourth-order valence-corrected chi connectivity index (χ4v) is 1.83. The van der Waals surface area contributed by atoms with Gasteiger partial charge in [0.1, 0.15) is 12.0 Å². The normalized spacial score (nSPS) is 17.0. The second kappa shape index (κ2) is 4.52. The van der Waals surface area contributed by atoms with E-state index in [9.17, 15) is 9.59 Å². The van der Waals surface area contributed by atoms with Crippen LogP contribution in [-0.4, -0.2) is 29.1 Å². The van der Waals surface area contributed by atoms with E-state index in [0.29, 0.717) is 5.82 Å². The maximum Gasteiger partial charge on any atom is 0.315 e. The number of amides is 1. The van der Waals surface area contributed by atoms with Gasteiger partial charge in [0.05, 0.1) is 7.11 Å². The molecule has 0 unspecified atom stereocenters. The van der Waals surface area contributed by atoms with Gasteiger partial charge >= 0.3 is 5.97 Å². The number of esters is 1. The van der Waals surface area contributed by atoms with Crippen molar-refractivity contribution in [3.8, 4) is 0 Å². The van der Waals surface area contributed by atoms with Crippen LogP contribution < -0.4 is 5.32 Å². The Morgan fingerprint density at radius 2 is 2.35 bits per heavy atom. The number of methoxy groups -OCH3 is 1. The fraction of sp³-hybridized carbons (Fsp3) is 0.600. The van der Waals surface area contributed by atoms with Crippen LogP contribution in [0.15, 0.2) is 10.9 Å². The standard InChI is InChI=1S/C10H13N3O4/c1-16-8(15)5-7(14)12-10(3-2-4-10)9-11-6-17-13-9/h6H,2-5H2,1H3,(H,12,14). The van der Waals surface area contributed by atoms with Crippen LogP contribution in [0.4, 0.5) is 0 Å². The number of carbonyl (C=O) groups is 2. The maximum atomic E-state index is 11.6. The van der Waals surface area contributed by atoms with E-state index in [4.69, 9.17) is 0 Å². The Morgan fingerprint density at radius 1 is 1.59 bits per heavy atom. The van der Waals surface area contributed by atoms with Crippen molar-refractivity contribution >= 4 is 11.9 Å². The lowest BCUT2D eigenvalue weighted by Gasteiger charge is -2.39. The molecule has 0 saturated heterocycles. The van der Waals surface area contributed by atoms with Gasteiger partial charge in [-0.2, -0.15) is 4.98 Å². The van der Waals surface area contributed by atoms with Gasteiger partial charge < -0.3 is 14.6 Å². The lowest BCUT2D eigenvalue weighted by Crippen LogP contribution is -2.51. The molecule has 0 bridgehead atoms. The predicted octanol–water partition coefficient (Wildman–Crippen LogP) is 0.128. The van der Waals surface area contributed by atoms with Crippen molar-refractivity contribution in [2.24, 2.45) is 0 Å². The molecule has 1 aromatic heterocycles. The van der Waals surface area contributed by atoms with Crippen LogP contribution in [0.5, 0.6) is 0 Å². The second-order valence-corrected chi connectivity index (χ2v) is 3.99. The summed E-state index contributed by atoms with van der Waals surface area (Å²) in [6.45, 7) is 0. The van der Waals surface area contributed by atoms with E-state index in [1.165, 1.54) is 13.5 Å². The first-order chi connectivity index (χ1) is 8.16. The fourth-order valence-electron chi connectivity index (χ4n) is 1.83. The van der Waals surface area contributed by atoms with Gasteiger partial charge in [0.2, 0.25) is 12.3 Å². The quantitative estimate of drug-likeness (QED) is 0.592. The molecule has 92 valence electrons. The van der Waals surface area contributed by atoms with Crippen molar-refractivity contribution in [1.82, 2.24) is 15.5 Å². The van der Waals surface area contributed by atoms with Crippen molar-refractivity contribution < 1.29 is 18.8 Å². The Bertz CT molecular complexity index is 411. The predicted molar refractivity (Wildman–Crippen MR) is 54.6 cm³/mol. The van der Waals surface area contributed by atoms with Gasteiger partial charge in [0.15, 0.2) is 5.82 Å². The first kappa shape index (κ1) is 11.6. The molecular formula is C10H13N3O4. The second-order valence-electron chi connectivity index (χ2n) is 3.99. The summed E-state index contributed by atoms with van der Waals surface area (Å²) >= 11 is 0. The van der Waals surface area contributed by atoms with Gasteiger partial charge in [-0.1, -0.05) is 5.16 Å². The largest absolute Gasteiger partial charge is 0.469 e. The minimum absolute atomic E-state index is 0.296. The highest BCUT2D eigenvalue weighted by Crippen LogP contribution is 2.39. The third-order valence-electron chi connectivity index (χ3n) is 2.91. The van der Waals surface area contributed by atoms with Gasteiger partial charge in [0, 0.05) is 0 Å². The minimum Gasteiger partial charge on any atom is -0.469 e. The number of carbonyl (C=O) groups excluding carboxylic acids is 2. The van der Waals surface area contributed by atoms with Crippen molar-refractivity contribution in [3.63, 3.8) is 0 Å². The van der Waals surface area contributed by atoms with Crippen LogP contribution in [0.2, 0.25) is 0 Å². The van der Waals surface area contributed by atoms with Crippen LogP contribution >= 0.6 is 0 Å². The molecule has 7 nitrogen and oxygen atoms in total. The summed E-state index contributed by atoms with van der Waals surface area (Å²) in [4.78, 5) is 26.5. The Balaban J connectivity index is 2.01. The molecule has 1 N–H and O–H groups in total. The zero-order valence-corrected chi connectivity index (χ0v) is 9.43. The van der Waals surface area contributed by atoms with E-state index in [1.54, 1.807) is 0 Å². The van der Waals surface area contributed by atoms with Crippen molar-refractivity contribution in [2.45, 2.75) is 31.2 Å². The highest BCUT2D eigenvalue weighted by molar-refractivity contribution is 5.94. The molecule has 0 radical (unpaired) electrons. The first-order valence-electron chi connectivity index (χ1n) is 5.31. The lowest BCUT2D eigenvalue weighted by atomic mass is 9.76. The number of hydrogen-bond acceptors (Lipinski definition) is 6. The van der Waals surface area contributed by atoms with Gasteiger partial charge in [-0.05, 0) is 19.3 Å². The average Bonchev–Trinajstić information content (AvgIpc) is 2.76. The zero-order chi connectivity index (χ0) is 12.3. The van der Waals surface area contributed by atoms with Gasteiger partial charge in [0.25, 0.3) is 0 Å². The number of nitrogens with one attached hydrogen (secondary N) is 1. The molecule has 7 heteroatoms. The Kier molecular flexibility index (Phi) is 3.08. The molecule has 0 aliphatic heterocycles. The summed E-state index contributed by atoms with van der Waals surface area (Å²) in [5.74, 6) is -0.492. The molecular weight excluding hydrogens is 226 g/mol. The monoisotopic (exact) mass is 239 g/mol. The Morgan fingerprint density at radius 3 is 2.82 bits per heavy atom. The third kappa shape index (κ3) is 2.27. The molecule has 0 atom stereocenters. The molecule has 1 fully saturated rings. The van der Waals surface area contributed by atoms with E-state index in [1.807, 2.05) is 0 Å². The summed E-state index contributed by atoms with van der Waals surface area (Å²) in [6.07, 6.45) is 3.41. The van der Waals surface area contributed by atoms with Crippen LogP contribution in [-0.2, 0) is 19.9 Å². The molecule has 1 aromatic rings. The van der Waals surface area contributed by atoms with E-state index < -0.39 is 11.5 Å². The highest BCUT2D eigenvalue weighted by atomic mass is 16.5. The Labute approximate surface area is 97.5 Å². The SMILES string of the molecule is COC(=O)CC(=O)NC1(c2ncon2)CCC1. The molecule has 1 aliphatic carbocycles. The molecule has 2 rings (SSSR count). The molecule has 1 aliphatic rings. The number of nitrogens with zero attached hydrogens (tertiary/aromatic N) is 2. The van der Waals surface area contributed by atoms with E-state index >= 15 is 0 Å². The summed E-state index contributed by atoms with van der Waals surface area (Å²) in [7, 11) is 1.24. The third-order valence-corrected chi connectivity index (χ3v) is 2.91. The summed E-state index contributed by atoms with van der Waals surface area (Å²) in [6, 6.07) is 0. The Hall–Kier alpha value is -1.92. The van der Waals surface area contributed by atoms with Crippen LogP contribution in [0.25, 0.3) is 0 Å². The number of rotatable bonds is 4. The average molecular weight is 239 g/mol. The zero-order valence-electron chi connectivity index (χ0n) is 9.43. The maximum absolute atomic E-state index is 11.6. The van der Waals surface area contributed by atoms with Crippen molar-refractivity contribution in [2.75, 3.05) is 7.11 Å². The van der Waals surface area contributed by atoms with Crippen molar-refractivity contribution in [3.05, 3.63) is 12.2 Å². The van der Waals surface area contributed by atoms with E-state index in [0.717, 1.165) is 19.3 Å². The van der Waals surface area contributed by atoms with Gasteiger partial charge in [-0.25, -0.2) is 0 Å². The molecule has 1 saturated carbocycles. The minimum atomic E-state index is -0.571. The molecule has 1 heterocycles. The lowest BCUT2D eigenvalue weighted by molar-refractivity contribution is -0.144. The summed E-state index contributed by atoms with van der Waals surface area (Å²) in [5, 5.41) is 6.52. The number of ether oxygens (including phenoxy) is 1. The van der Waals surface area contributed by atoms with E-state index in [-0.39, 0.29) is 12.3 Å². The highest BCUT2D eigenvalue weighted by Gasteiger charge is 2.43. The van der Waals surface area contributed by atoms with E-state index in [2.05, 4.69) is 24.7 Å². The van der Waals surface area contributed by atoms with Crippen LogP contribution in [0, 0.1) is 0 Å². The van der Waals surface area contributed by atoms with Crippen molar-refractivity contribution in [1.29, 1.82) is 0 Å². The molecule has 1 amide bonds. The number of hydrogen-bond donors (Lipinski definition) is 1.